The minimum absolute atomic E-state index is 0.0602. The molecule has 1 fully saturated rings. The number of anilines is 1. The van der Waals surface area contributed by atoms with E-state index in [1.165, 1.54) is 0 Å². The number of hydrogen-bond acceptors (Lipinski definition) is 3. The maximum Gasteiger partial charge on any atom is 0.0750 e. The lowest BCUT2D eigenvalue weighted by molar-refractivity contribution is 0.116. The van der Waals surface area contributed by atoms with E-state index in [4.69, 9.17) is 4.74 Å². The highest BCUT2D eigenvalue weighted by Gasteiger charge is 2.18. The summed E-state index contributed by atoms with van der Waals surface area (Å²) in [5.74, 6) is 0. The number of aliphatic hydroxyl groups excluding tert-OH is 1. The van der Waals surface area contributed by atoms with E-state index in [1.54, 1.807) is 0 Å². The van der Waals surface area contributed by atoms with Crippen LogP contribution in [0.25, 0.3) is 0 Å². The van der Waals surface area contributed by atoms with Gasteiger partial charge >= 0.3 is 0 Å². The molecule has 1 aromatic carbocycles. The predicted octanol–water partition coefficient (Wildman–Crippen LogP) is 2.56. The zero-order valence-corrected chi connectivity index (χ0v) is 11.6. The molecule has 1 aliphatic heterocycles. The Morgan fingerprint density at radius 3 is 3.00 bits per heavy atom. The van der Waals surface area contributed by atoms with Crippen LogP contribution < -0.4 is 4.90 Å². The third-order valence-corrected chi connectivity index (χ3v) is 3.62. The predicted molar refractivity (Wildman–Crippen MR) is 72.3 cm³/mol. The Bertz CT molecular complexity index is 378. The van der Waals surface area contributed by atoms with Crippen molar-refractivity contribution in [3.8, 4) is 0 Å². The molecule has 0 spiro atoms. The summed E-state index contributed by atoms with van der Waals surface area (Å²) in [6.07, 6.45) is 2.62. The van der Waals surface area contributed by atoms with Crippen molar-refractivity contribution >= 4 is 21.6 Å². The molecule has 1 atom stereocenters. The number of hydrogen-bond donors (Lipinski definition) is 1. The molecule has 4 heteroatoms. The Balaban J connectivity index is 2.09. The Labute approximate surface area is 111 Å². The van der Waals surface area contributed by atoms with Crippen molar-refractivity contribution in [1.82, 2.24) is 0 Å². The number of ether oxygens (including phenoxy) is 1. The highest BCUT2D eigenvalue weighted by molar-refractivity contribution is 9.10. The molecule has 1 unspecified atom stereocenters. The zero-order valence-electron chi connectivity index (χ0n) is 10.0. The largest absolute Gasteiger partial charge is 0.392 e. The minimum atomic E-state index is 0.0602. The summed E-state index contributed by atoms with van der Waals surface area (Å²) >= 11 is 3.42. The van der Waals surface area contributed by atoms with Crippen LogP contribution in [0.4, 0.5) is 5.69 Å². The van der Waals surface area contributed by atoms with Gasteiger partial charge in [-0.05, 0) is 31.0 Å². The van der Waals surface area contributed by atoms with Crippen LogP contribution in [0.1, 0.15) is 18.4 Å². The molecule has 0 bridgehead atoms. The monoisotopic (exact) mass is 299 g/mol. The van der Waals surface area contributed by atoms with Crippen molar-refractivity contribution in [2.75, 3.05) is 25.1 Å². The summed E-state index contributed by atoms with van der Waals surface area (Å²) in [5.41, 5.74) is 2.02. The number of halogens is 1. The Hall–Kier alpha value is -0.580. The molecule has 3 nitrogen and oxygen atoms in total. The van der Waals surface area contributed by atoms with Crippen molar-refractivity contribution in [2.24, 2.45) is 0 Å². The Morgan fingerprint density at radius 2 is 2.35 bits per heavy atom. The molecule has 0 saturated carbocycles. The molecule has 0 aromatic heterocycles. The first kappa shape index (κ1) is 12.9. The van der Waals surface area contributed by atoms with Crippen LogP contribution in [0.2, 0.25) is 0 Å². The van der Waals surface area contributed by atoms with E-state index in [1.807, 2.05) is 25.2 Å². The summed E-state index contributed by atoms with van der Waals surface area (Å²) < 4.78 is 6.63. The van der Waals surface area contributed by atoms with Gasteiger partial charge in [-0.3, -0.25) is 0 Å². The molecule has 1 aromatic rings. The average molecular weight is 300 g/mol. The van der Waals surface area contributed by atoms with Gasteiger partial charge in [0.05, 0.1) is 12.7 Å². The van der Waals surface area contributed by atoms with Gasteiger partial charge in [0.1, 0.15) is 0 Å². The van der Waals surface area contributed by atoms with Crippen molar-refractivity contribution in [2.45, 2.75) is 25.6 Å². The van der Waals surface area contributed by atoms with Crippen LogP contribution in [-0.4, -0.2) is 31.4 Å². The lowest BCUT2D eigenvalue weighted by Gasteiger charge is -2.25. The van der Waals surface area contributed by atoms with Crippen LogP contribution in [0, 0.1) is 0 Å². The van der Waals surface area contributed by atoms with E-state index in [2.05, 4.69) is 20.8 Å². The van der Waals surface area contributed by atoms with E-state index in [0.29, 0.717) is 6.10 Å². The topological polar surface area (TPSA) is 32.7 Å². The van der Waals surface area contributed by atoms with Gasteiger partial charge in [0.25, 0.3) is 0 Å². The summed E-state index contributed by atoms with van der Waals surface area (Å²) in [5, 5.41) is 9.37. The van der Waals surface area contributed by atoms with E-state index in [9.17, 15) is 5.11 Å². The highest BCUT2D eigenvalue weighted by Crippen LogP contribution is 2.25. The number of aliphatic hydroxyl groups is 1. The first-order valence-corrected chi connectivity index (χ1v) is 6.72. The summed E-state index contributed by atoms with van der Waals surface area (Å²) in [6.45, 7) is 1.82. The number of benzene rings is 1. The second-order valence-corrected chi connectivity index (χ2v) is 5.36. The molecule has 1 N–H and O–H groups in total. The van der Waals surface area contributed by atoms with E-state index in [0.717, 1.165) is 41.7 Å². The molecule has 94 valence electrons. The van der Waals surface area contributed by atoms with Crippen LogP contribution in [0.15, 0.2) is 22.7 Å². The maximum absolute atomic E-state index is 9.37. The fraction of sp³-hybridized carbons (Fsp3) is 0.538. The van der Waals surface area contributed by atoms with Gasteiger partial charge in [0, 0.05) is 35.9 Å². The Kier molecular flexibility index (Phi) is 4.42. The van der Waals surface area contributed by atoms with E-state index >= 15 is 0 Å². The van der Waals surface area contributed by atoms with Crippen LogP contribution in [-0.2, 0) is 11.3 Å². The second-order valence-electron chi connectivity index (χ2n) is 4.45. The lowest BCUT2D eigenvalue weighted by atomic mass is 10.1. The summed E-state index contributed by atoms with van der Waals surface area (Å²) in [6, 6.07) is 5.99. The molecule has 1 saturated heterocycles. The summed E-state index contributed by atoms with van der Waals surface area (Å²) in [4.78, 5) is 2.16. The fourth-order valence-electron chi connectivity index (χ4n) is 2.25. The SMILES string of the molecule is CN(CC1CCCO1)c1ccc(Br)cc1CO. The van der Waals surface area contributed by atoms with Crippen LogP contribution in [0.3, 0.4) is 0 Å². The van der Waals surface area contributed by atoms with Crippen molar-refractivity contribution < 1.29 is 9.84 Å². The lowest BCUT2D eigenvalue weighted by Crippen LogP contribution is -2.29. The fourth-order valence-corrected chi connectivity index (χ4v) is 2.65. The van der Waals surface area contributed by atoms with Gasteiger partial charge < -0.3 is 14.7 Å². The Morgan fingerprint density at radius 1 is 1.53 bits per heavy atom. The number of likely N-dealkylation sites (N-methyl/N-ethyl adjacent to an activating group) is 1. The molecular weight excluding hydrogens is 282 g/mol. The third-order valence-electron chi connectivity index (χ3n) is 3.12. The molecule has 1 aliphatic rings. The van der Waals surface area contributed by atoms with Gasteiger partial charge in [-0.25, -0.2) is 0 Å². The molecule has 0 aliphatic carbocycles. The van der Waals surface area contributed by atoms with Gasteiger partial charge in [-0.2, -0.15) is 0 Å². The van der Waals surface area contributed by atoms with Crippen LogP contribution in [0.5, 0.6) is 0 Å². The van der Waals surface area contributed by atoms with Crippen molar-refractivity contribution in [1.29, 1.82) is 0 Å². The van der Waals surface area contributed by atoms with E-state index in [-0.39, 0.29) is 6.61 Å². The molecular formula is C13H18BrNO2. The van der Waals surface area contributed by atoms with Gasteiger partial charge in [-0.1, -0.05) is 15.9 Å². The smallest absolute Gasteiger partial charge is 0.0750 e. The number of rotatable bonds is 4. The second kappa shape index (κ2) is 5.85. The van der Waals surface area contributed by atoms with Crippen molar-refractivity contribution in [3.63, 3.8) is 0 Å². The number of nitrogens with zero attached hydrogens (tertiary/aromatic N) is 1. The third kappa shape index (κ3) is 3.21. The normalized spacial score (nSPS) is 19.6. The van der Waals surface area contributed by atoms with E-state index < -0.39 is 0 Å². The molecule has 1 heterocycles. The highest BCUT2D eigenvalue weighted by atomic mass is 79.9. The van der Waals surface area contributed by atoms with Gasteiger partial charge in [-0.15, -0.1) is 0 Å². The molecule has 17 heavy (non-hydrogen) atoms. The quantitative estimate of drug-likeness (QED) is 0.927. The molecule has 2 rings (SSSR count). The van der Waals surface area contributed by atoms with Crippen molar-refractivity contribution in [3.05, 3.63) is 28.2 Å². The first-order valence-electron chi connectivity index (χ1n) is 5.92. The minimum Gasteiger partial charge on any atom is -0.392 e. The average Bonchev–Trinajstić information content (AvgIpc) is 2.81. The molecule has 0 radical (unpaired) electrons. The van der Waals surface area contributed by atoms with Gasteiger partial charge in [0.2, 0.25) is 0 Å². The standard InChI is InChI=1S/C13H18BrNO2/c1-15(8-12-3-2-6-17-12)13-5-4-11(14)7-10(13)9-16/h4-5,7,12,16H,2-3,6,8-9H2,1H3. The first-order chi connectivity index (χ1) is 8.20. The van der Waals surface area contributed by atoms with Gasteiger partial charge in [0.15, 0.2) is 0 Å². The molecule has 0 amide bonds. The zero-order chi connectivity index (χ0) is 12.3. The maximum atomic E-state index is 9.37. The summed E-state index contributed by atoms with van der Waals surface area (Å²) in [7, 11) is 2.05. The van der Waals surface area contributed by atoms with Crippen LogP contribution >= 0.6 is 15.9 Å².